The average molecular weight is 493 g/mol. The van der Waals surface area contributed by atoms with Gasteiger partial charge in [-0.15, -0.1) is 0 Å². The van der Waals surface area contributed by atoms with Crippen LogP contribution in [0.25, 0.3) is 34.5 Å². The zero-order chi connectivity index (χ0) is 24.1. The summed E-state index contributed by atoms with van der Waals surface area (Å²) in [5.41, 5.74) is 4.41. The van der Waals surface area contributed by atoms with Gasteiger partial charge in [0, 0.05) is 16.8 Å². The molecule has 1 aromatic heterocycles. The highest BCUT2D eigenvalue weighted by Crippen LogP contribution is 2.30. The van der Waals surface area contributed by atoms with Crippen molar-refractivity contribution >= 4 is 41.3 Å². The molecule has 0 aliphatic heterocycles. The summed E-state index contributed by atoms with van der Waals surface area (Å²) in [4.78, 5) is 16.0. The summed E-state index contributed by atoms with van der Waals surface area (Å²) in [6.45, 7) is 2.38. The largest absolute Gasteiger partial charge is 0.494 e. The number of rotatable bonds is 8. The van der Waals surface area contributed by atoms with E-state index >= 15 is 0 Å². The fourth-order valence-corrected chi connectivity index (χ4v) is 4.04. The van der Waals surface area contributed by atoms with Crippen molar-refractivity contribution in [3.05, 3.63) is 94.4 Å². The lowest BCUT2D eigenvalue weighted by atomic mass is 10.0. The van der Waals surface area contributed by atoms with Crippen molar-refractivity contribution in [3.8, 4) is 28.1 Å². The average Bonchev–Trinajstić information content (AvgIpc) is 3.20. The number of nitrogens with zero attached hydrogens (tertiary/aromatic N) is 2. The molecule has 4 rings (SSSR count). The molecular formula is C27H22Cl2N2O3. The highest BCUT2D eigenvalue weighted by atomic mass is 35.5. The van der Waals surface area contributed by atoms with Crippen LogP contribution in [0, 0.1) is 0 Å². The second kappa shape index (κ2) is 10.6. The topological polar surface area (TPSA) is 64.4 Å². The lowest BCUT2D eigenvalue weighted by Crippen LogP contribution is -2.09. The summed E-state index contributed by atoms with van der Waals surface area (Å²) in [5, 5.41) is 10.3. The van der Waals surface area contributed by atoms with E-state index in [0.29, 0.717) is 33.7 Å². The second-order valence-electron chi connectivity index (χ2n) is 7.54. The predicted molar refractivity (Wildman–Crippen MR) is 137 cm³/mol. The molecule has 0 fully saturated rings. The lowest BCUT2D eigenvalue weighted by Gasteiger charge is -2.06. The van der Waals surface area contributed by atoms with Crippen LogP contribution in [0.15, 0.2) is 72.9 Å². The molecule has 34 heavy (non-hydrogen) atoms. The maximum atomic E-state index is 11.4. The molecule has 172 valence electrons. The van der Waals surface area contributed by atoms with E-state index in [1.165, 1.54) is 0 Å². The first-order valence-corrected chi connectivity index (χ1v) is 11.4. The third kappa shape index (κ3) is 5.68. The molecule has 0 bridgehead atoms. The highest BCUT2D eigenvalue weighted by molar-refractivity contribution is 6.36. The molecule has 5 nitrogen and oxygen atoms in total. The molecule has 1 heterocycles. The second-order valence-corrected chi connectivity index (χ2v) is 8.39. The smallest absolute Gasteiger partial charge is 0.323 e. The number of carbonyl (C=O) groups is 1. The molecule has 7 heteroatoms. The van der Waals surface area contributed by atoms with E-state index < -0.39 is 5.97 Å². The predicted octanol–water partition coefficient (Wildman–Crippen LogP) is 7.18. The van der Waals surface area contributed by atoms with Gasteiger partial charge in [0.25, 0.3) is 0 Å². The number of halogens is 2. The van der Waals surface area contributed by atoms with Gasteiger partial charge in [0.05, 0.1) is 17.3 Å². The Balaban J connectivity index is 1.57. The van der Waals surface area contributed by atoms with E-state index in [9.17, 15) is 9.90 Å². The SMILES string of the molecule is CCOc1ccc(-c2ccc(/C=C/c3nc(-c4ccc(Cl)cc4Cl)cn3CC(=O)O)cc2)cc1. The van der Waals surface area contributed by atoms with E-state index in [0.717, 1.165) is 22.4 Å². The van der Waals surface area contributed by atoms with Crippen molar-refractivity contribution in [1.82, 2.24) is 9.55 Å². The molecule has 1 N–H and O–H groups in total. The van der Waals surface area contributed by atoms with E-state index in [4.69, 9.17) is 27.9 Å². The summed E-state index contributed by atoms with van der Waals surface area (Å²) < 4.78 is 7.07. The van der Waals surface area contributed by atoms with Crippen LogP contribution >= 0.6 is 23.2 Å². The Morgan fingerprint density at radius 2 is 1.68 bits per heavy atom. The van der Waals surface area contributed by atoms with Crippen molar-refractivity contribution in [3.63, 3.8) is 0 Å². The number of aliphatic carboxylic acids is 1. The van der Waals surface area contributed by atoms with E-state index in [1.54, 1.807) is 35.0 Å². The van der Waals surface area contributed by atoms with Gasteiger partial charge in [-0.05, 0) is 60.0 Å². The standard InChI is InChI=1S/C27H22Cl2N2O3/c1-2-34-22-11-8-20(9-12-22)19-6-3-18(4-7-19)5-14-26-30-25(16-31(26)17-27(32)33)23-13-10-21(28)15-24(23)29/h3-16H,2,17H2,1H3,(H,32,33)/b14-5+. The Labute approximate surface area is 207 Å². The minimum atomic E-state index is -0.958. The van der Waals surface area contributed by atoms with Crippen molar-refractivity contribution in [2.75, 3.05) is 6.61 Å². The van der Waals surface area contributed by atoms with Gasteiger partial charge in [-0.2, -0.15) is 0 Å². The number of carboxylic acids is 1. The lowest BCUT2D eigenvalue weighted by molar-refractivity contribution is -0.137. The van der Waals surface area contributed by atoms with Crippen molar-refractivity contribution in [2.24, 2.45) is 0 Å². The van der Waals surface area contributed by atoms with E-state index in [1.807, 2.05) is 61.5 Å². The molecule has 0 amide bonds. The van der Waals surface area contributed by atoms with Crippen LogP contribution in [-0.2, 0) is 11.3 Å². The van der Waals surface area contributed by atoms with E-state index in [2.05, 4.69) is 4.98 Å². The zero-order valence-corrected chi connectivity index (χ0v) is 19.9. The molecule has 0 unspecified atom stereocenters. The van der Waals surface area contributed by atoms with Crippen molar-refractivity contribution < 1.29 is 14.6 Å². The quantitative estimate of drug-likeness (QED) is 0.283. The van der Waals surface area contributed by atoms with Gasteiger partial charge in [0.2, 0.25) is 0 Å². The Morgan fingerprint density at radius 1 is 1.00 bits per heavy atom. The highest BCUT2D eigenvalue weighted by Gasteiger charge is 2.13. The van der Waals surface area contributed by atoms with Crippen LogP contribution in [0.3, 0.4) is 0 Å². The van der Waals surface area contributed by atoms with Crippen LogP contribution < -0.4 is 4.74 Å². The van der Waals surface area contributed by atoms with Crippen LogP contribution in [0.5, 0.6) is 5.75 Å². The Kier molecular flexibility index (Phi) is 7.36. The Hall–Kier alpha value is -3.54. The molecule has 0 aliphatic carbocycles. The fraction of sp³-hybridized carbons (Fsp3) is 0.111. The number of hydrogen-bond donors (Lipinski definition) is 1. The molecule has 0 aliphatic rings. The van der Waals surface area contributed by atoms with Gasteiger partial charge in [-0.25, -0.2) is 4.98 Å². The molecule has 0 radical (unpaired) electrons. The van der Waals surface area contributed by atoms with Gasteiger partial charge in [0.15, 0.2) is 0 Å². The van der Waals surface area contributed by atoms with Gasteiger partial charge in [0.1, 0.15) is 18.1 Å². The molecular weight excluding hydrogens is 471 g/mol. The van der Waals surface area contributed by atoms with Gasteiger partial charge in [-0.3, -0.25) is 4.79 Å². The normalized spacial score (nSPS) is 11.1. The van der Waals surface area contributed by atoms with Gasteiger partial charge < -0.3 is 14.4 Å². The molecule has 4 aromatic rings. The van der Waals surface area contributed by atoms with Crippen LogP contribution in [0.4, 0.5) is 0 Å². The maximum Gasteiger partial charge on any atom is 0.323 e. The van der Waals surface area contributed by atoms with Crippen molar-refractivity contribution in [2.45, 2.75) is 13.5 Å². The fourth-order valence-electron chi connectivity index (χ4n) is 3.53. The summed E-state index contributed by atoms with van der Waals surface area (Å²) in [5.74, 6) is 0.404. The van der Waals surface area contributed by atoms with Gasteiger partial charge in [-0.1, -0.05) is 65.7 Å². The number of aromatic nitrogens is 2. The van der Waals surface area contributed by atoms with Crippen LogP contribution in [-0.4, -0.2) is 27.2 Å². The monoisotopic (exact) mass is 492 g/mol. The first-order valence-electron chi connectivity index (χ1n) is 10.7. The third-order valence-corrected chi connectivity index (χ3v) is 5.70. The molecule has 0 saturated heterocycles. The summed E-state index contributed by atoms with van der Waals surface area (Å²) in [6, 6.07) is 21.2. The Morgan fingerprint density at radius 3 is 2.29 bits per heavy atom. The summed E-state index contributed by atoms with van der Waals surface area (Å²) in [7, 11) is 0. The van der Waals surface area contributed by atoms with Crippen LogP contribution in [0.2, 0.25) is 10.0 Å². The van der Waals surface area contributed by atoms with Crippen LogP contribution in [0.1, 0.15) is 18.3 Å². The first-order chi connectivity index (χ1) is 16.4. The molecule has 0 saturated carbocycles. The minimum absolute atomic E-state index is 0.214. The first kappa shape index (κ1) is 23.6. The third-order valence-electron chi connectivity index (χ3n) is 5.15. The van der Waals surface area contributed by atoms with E-state index in [-0.39, 0.29) is 6.54 Å². The molecule has 3 aromatic carbocycles. The maximum absolute atomic E-state index is 11.4. The Bertz CT molecular complexity index is 1330. The molecule has 0 atom stereocenters. The number of hydrogen-bond acceptors (Lipinski definition) is 3. The summed E-state index contributed by atoms with van der Waals surface area (Å²) >= 11 is 12.3. The molecule has 0 spiro atoms. The van der Waals surface area contributed by atoms with Gasteiger partial charge >= 0.3 is 5.97 Å². The number of carboxylic acid groups (broad SMARTS) is 1. The zero-order valence-electron chi connectivity index (χ0n) is 18.4. The number of benzene rings is 3. The minimum Gasteiger partial charge on any atom is -0.494 e. The summed E-state index contributed by atoms with van der Waals surface area (Å²) in [6.07, 6.45) is 5.37. The van der Waals surface area contributed by atoms with Crippen molar-refractivity contribution in [1.29, 1.82) is 0 Å². The number of imidazole rings is 1. The number of ether oxygens (including phenoxy) is 1.